The molecule has 0 bridgehead atoms. The van der Waals surface area contributed by atoms with Crippen LogP contribution in [0.3, 0.4) is 0 Å². The summed E-state index contributed by atoms with van der Waals surface area (Å²) in [6, 6.07) is 10.2. The minimum Gasteiger partial charge on any atom is -0.463 e. The Morgan fingerprint density at radius 3 is 2.78 bits per heavy atom. The van der Waals surface area contributed by atoms with Gasteiger partial charge in [0.1, 0.15) is 0 Å². The van der Waals surface area contributed by atoms with Crippen LogP contribution in [0.4, 0.5) is 0 Å². The first-order valence-corrected chi connectivity index (χ1v) is 12.3. The average molecular weight is 445 g/mol. The van der Waals surface area contributed by atoms with Crippen LogP contribution in [0, 0.1) is 17.8 Å². The third-order valence-corrected chi connectivity index (χ3v) is 6.83. The summed E-state index contributed by atoms with van der Waals surface area (Å²) in [5, 5.41) is 21.0. The number of hydrogen-bond acceptors (Lipinski definition) is 5. The molecule has 0 amide bonds. The van der Waals surface area contributed by atoms with Gasteiger partial charge in [0.2, 0.25) is 0 Å². The molecule has 0 unspecified atom stereocenters. The number of ether oxygens (including phenoxy) is 2. The molecule has 2 aliphatic rings. The van der Waals surface area contributed by atoms with E-state index in [4.69, 9.17) is 9.47 Å². The minimum absolute atomic E-state index is 0.0335. The molecule has 2 fully saturated rings. The minimum atomic E-state index is -0.508. The fraction of sp³-hybridized carbons (Fsp3) is 0.667. The second kappa shape index (κ2) is 12.5. The quantitative estimate of drug-likeness (QED) is 0.412. The molecule has 3 rings (SSSR count). The fourth-order valence-electron chi connectivity index (χ4n) is 5.11. The Morgan fingerprint density at radius 1 is 1.25 bits per heavy atom. The summed E-state index contributed by atoms with van der Waals surface area (Å²) in [4.78, 5) is 11.7. The van der Waals surface area contributed by atoms with Crippen molar-refractivity contribution < 1.29 is 24.5 Å². The van der Waals surface area contributed by atoms with Crippen LogP contribution < -0.4 is 0 Å². The molecule has 1 saturated heterocycles. The number of carbonyl (C=O) groups is 1. The van der Waals surface area contributed by atoms with Crippen molar-refractivity contribution >= 4 is 5.97 Å². The van der Waals surface area contributed by atoms with Crippen LogP contribution >= 0.6 is 0 Å². The summed E-state index contributed by atoms with van der Waals surface area (Å²) >= 11 is 0. The molecule has 1 aromatic carbocycles. The van der Waals surface area contributed by atoms with Gasteiger partial charge in [-0.1, -0.05) is 42.5 Å². The first-order valence-electron chi connectivity index (χ1n) is 12.3. The maximum atomic E-state index is 11.7. The SMILES string of the molecule is CC(C)OC(=O)CCC[C@H]1CC[C@@H]2[C@@H](C=C[C@@H](O)CCc3ccccc3)[C@H](O)C[C@@H]2OC1. The van der Waals surface area contributed by atoms with E-state index in [2.05, 4.69) is 12.1 Å². The number of rotatable bonds is 10. The van der Waals surface area contributed by atoms with Crippen molar-refractivity contribution in [3.8, 4) is 0 Å². The van der Waals surface area contributed by atoms with Crippen molar-refractivity contribution in [3.05, 3.63) is 48.0 Å². The van der Waals surface area contributed by atoms with Gasteiger partial charge in [0, 0.05) is 25.4 Å². The predicted molar refractivity (Wildman–Crippen MR) is 125 cm³/mol. The predicted octanol–water partition coefficient (Wildman–Crippen LogP) is 4.45. The highest BCUT2D eigenvalue weighted by molar-refractivity contribution is 5.69. The first kappa shape index (κ1) is 24.9. The van der Waals surface area contributed by atoms with Crippen LogP contribution in [0.25, 0.3) is 0 Å². The van der Waals surface area contributed by atoms with Gasteiger partial charge in [0.25, 0.3) is 0 Å². The van der Waals surface area contributed by atoms with Gasteiger partial charge in [-0.15, -0.1) is 0 Å². The number of aryl methyl sites for hydroxylation is 1. The molecular weight excluding hydrogens is 404 g/mol. The average Bonchev–Trinajstić information content (AvgIpc) is 2.92. The maximum absolute atomic E-state index is 11.7. The van der Waals surface area contributed by atoms with Crippen molar-refractivity contribution in [2.24, 2.45) is 17.8 Å². The molecule has 1 heterocycles. The molecular formula is C27H40O5. The summed E-state index contributed by atoms with van der Waals surface area (Å²) in [5.41, 5.74) is 1.22. The smallest absolute Gasteiger partial charge is 0.306 e. The lowest BCUT2D eigenvalue weighted by Crippen LogP contribution is -2.21. The van der Waals surface area contributed by atoms with Gasteiger partial charge < -0.3 is 19.7 Å². The van der Waals surface area contributed by atoms with Crippen molar-refractivity contribution in [3.63, 3.8) is 0 Å². The molecule has 0 spiro atoms. The zero-order chi connectivity index (χ0) is 22.9. The summed E-state index contributed by atoms with van der Waals surface area (Å²) in [6.45, 7) is 4.44. The van der Waals surface area contributed by atoms with Crippen molar-refractivity contribution in [1.29, 1.82) is 0 Å². The summed E-state index contributed by atoms with van der Waals surface area (Å²) in [6.07, 6.45) is 9.48. The van der Waals surface area contributed by atoms with E-state index in [1.165, 1.54) is 5.56 Å². The Balaban J connectivity index is 1.44. The van der Waals surface area contributed by atoms with E-state index in [1.807, 2.05) is 44.2 Å². The zero-order valence-corrected chi connectivity index (χ0v) is 19.6. The number of carbonyl (C=O) groups excluding carboxylic acids is 1. The highest BCUT2D eigenvalue weighted by atomic mass is 16.5. The lowest BCUT2D eigenvalue weighted by molar-refractivity contribution is -0.147. The molecule has 32 heavy (non-hydrogen) atoms. The Hall–Kier alpha value is -1.69. The summed E-state index contributed by atoms with van der Waals surface area (Å²) in [5.74, 6) is 0.654. The highest BCUT2D eigenvalue weighted by Crippen LogP contribution is 2.42. The largest absolute Gasteiger partial charge is 0.463 e. The van der Waals surface area contributed by atoms with Crippen molar-refractivity contribution in [2.75, 3.05) is 6.61 Å². The molecule has 5 heteroatoms. The molecule has 178 valence electrons. The van der Waals surface area contributed by atoms with E-state index in [-0.39, 0.29) is 24.1 Å². The van der Waals surface area contributed by atoms with Gasteiger partial charge in [0.05, 0.1) is 24.4 Å². The van der Waals surface area contributed by atoms with Crippen LogP contribution in [0.5, 0.6) is 0 Å². The van der Waals surface area contributed by atoms with Crippen molar-refractivity contribution in [2.45, 2.75) is 89.6 Å². The van der Waals surface area contributed by atoms with E-state index in [0.717, 1.165) is 32.1 Å². The normalized spacial score (nSPS) is 29.1. The standard InChI is InChI=1S/C27H40O5/c1-19(2)32-27(30)10-6-9-21-12-15-24-23(25(29)17-26(24)31-18-21)16-14-22(28)13-11-20-7-4-3-5-8-20/h3-5,7-8,14,16,19,21-26,28-29H,6,9-13,15,17-18H2,1-2H3/t21-,22-,23+,24+,25+,26-/m0/s1. The Morgan fingerprint density at radius 2 is 2.03 bits per heavy atom. The third-order valence-electron chi connectivity index (χ3n) is 6.83. The van der Waals surface area contributed by atoms with Crippen LogP contribution in [-0.2, 0) is 20.7 Å². The molecule has 0 radical (unpaired) electrons. The monoisotopic (exact) mass is 444 g/mol. The number of esters is 1. The van der Waals surface area contributed by atoms with Crippen LogP contribution in [0.15, 0.2) is 42.5 Å². The number of fused-ring (bicyclic) bond motifs is 1. The molecule has 2 N–H and O–H groups in total. The lowest BCUT2D eigenvalue weighted by Gasteiger charge is -2.21. The van der Waals surface area contributed by atoms with Gasteiger partial charge in [-0.05, 0) is 69.8 Å². The van der Waals surface area contributed by atoms with E-state index in [1.54, 1.807) is 0 Å². The summed E-state index contributed by atoms with van der Waals surface area (Å²) in [7, 11) is 0. The van der Waals surface area contributed by atoms with E-state index >= 15 is 0 Å². The van der Waals surface area contributed by atoms with Crippen molar-refractivity contribution in [1.82, 2.24) is 0 Å². The highest BCUT2D eigenvalue weighted by Gasteiger charge is 2.43. The van der Waals surface area contributed by atoms with Crippen LogP contribution in [-0.4, -0.2) is 47.2 Å². The van der Waals surface area contributed by atoms with Gasteiger partial charge in [-0.2, -0.15) is 0 Å². The Kier molecular flexibility index (Phi) is 9.76. The lowest BCUT2D eigenvalue weighted by atomic mass is 9.86. The van der Waals surface area contributed by atoms with E-state index in [9.17, 15) is 15.0 Å². The molecule has 1 aliphatic heterocycles. The number of hydrogen-bond donors (Lipinski definition) is 2. The second-order valence-corrected chi connectivity index (χ2v) is 9.77. The molecule has 1 aliphatic carbocycles. The maximum Gasteiger partial charge on any atom is 0.306 e. The van der Waals surface area contributed by atoms with Crippen LogP contribution in [0.1, 0.15) is 64.4 Å². The molecule has 1 saturated carbocycles. The molecule has 1 aromatic rings. The van der Waals surface area contributed by atoms with Gasteiger partial charge in [0.15, 0.2) is 0 Å². The summed E-state index contributed by atoms with van der Waals surface area (Å²) < 4.78 is 11.4. The Bertz CT molecular complexity index is 716. The third kappa shape index (κ3) is 7.72. The van der Waals surface area contributed by atoms with E-state index in [0.29, 0.717) is 37.7 Å². The topological polar surface area (TPSA) is 76.0 Å². The number of aliphatic hydroxyl groups excluding tert-OH is 2. The number of benzene rings is 1. The van der Waals surface area contributed by atoms with Crippen LogP contribution in [0.2, 0.25) is 0 Å². The second-order valence-electron chi connectivity index (χ2n) is 9.77. The molecule has 0 aromatic heterocycles. The molecule has 5 nitrogen and oxygen atoms in total. The van der Waals surface area contributed by atoms with Gasteiger partial charge >= 0.3 is 5.97 Å². The van der Waals surface area contributed by atoms with E-state index < -0.39 is 12.2 Å². The first-order chi connectivity index (χ1) is 15.4. The fourth-order valence-corrected chi connectivity index (χ4v) is 5.11. The molecule has 6 atom stereocenters. The number of aliphatic hydroxyl groups is 2. The van der Waals surface area contributed by atoms with Gasteiger partial charge in [-0.25, -0.2) is 0 Å². The Labute approximate surface area is 192 Å². The van der Waals surface area contributed by atoms with Gasteiger partial charge in [-0.3, -0.25) is 4.79 Å². The zero-order valence-electron chi connectivity index (χ0n) is 19.6.